The van der Waals surface area contributed by atoms with Crippen molar-refractivity contribution in [3.05, 3.63) is 47.8 Å². The molecule has 0 amide bonds. The third-order valence-electron chi connectivity index (χ3n) is 2.44. The monoisotopic (exact) mass is 291 g/mol. The summed E-state index contributed by atoms with van der Waals surface area (Å²) in [7, 11) is 0. The first-order valence-corrected chi connectivity index (χ1v) is 5.64. The third-order valence-corrected chi connectivity index (χ3v) is 2.44. The maximum atomic E-state index is 13.2. The molecule has 0 radical (unpaired) electrons. The summed E-state index contributed by atoms with van der Waals surface area (Å²) >= 11 is 0. The average Bonchev–Trinajstić information content (AvgIpc) is 2.26. The van der Waals surface area contributed by atoms with E-state index in [1.165, 1.54) is 11.0 Å². The lowest BCUT2D eigenvalue weighted by molar-refractivity contribution is -0.139. The van der Waals surface area contributed by atoms with E-state index < -0.39 is 23.5 Å². The number of hydrogen-bond acceptors (Lipinski definition) is 2. The molecular weight excluding hydrogens is 278 g/mol. The molecule has 0 spiro atoms. The van der Waals surface area contributed by atoms with Crippen molar-refractivity contribution < 1.29 is 27.5 Å². The molecule has 7 heteroatoms. The SMILES string of the molecule is C=CCN(CC(=O)O)Cc1cc(F)cc(C(F)(F)F)c1. The van der Waals surface area contributed by atoms with Crippen LogP contribution in [0.4, 0.5) is 17.6 Å². The van der Waals surface area contributed by atoms with Gasteiger partial charge in [-0.15, -0.1) is 6.58 Å². The van der Waals surface area contributed by atoms with Crippen molar-refractivity contribution in [3.8, 4) is 0 Å². The number of nitrogens with zero attached hydrogens (tertiary/aromatic N) is 1. The minimum absolute atomic E-state index is 0.0559. The van der Waals surface area contributed by atoms with Crippen LogP contribution in [-0.2, 0) is 17.5 Å². The maximum absolute atomic E-state index is 13.2. The molecule has 3 nitrogen and oxygen atoms in total. The van der Waals surface area contributed by atoms with Crippen molar-refractivity contribution >= 4 is 5.97 Å². The highest BCUT2D eigenvalue weighted by Gasteiger charge is 2.31. The molecule has 0 saturated carbocycles. The molecule has 0 aromatic heterocycles. The largest absolute Gasteiger partial charge is 0.480 e. The lowest BCUT2D eigenvalue weighted by atomic mass is 10.1. The van der Waals surface area contributed by atoms with Crippen LogP contribution in [0.2, 0.25) is 0 Å². The number of rotatable bonds is 6. The van der Waals surface area contributed by atoms with Gasteiger partial charge in [-0.2, -0.15) is 13.2 Å². The summed E-state index contributed by atoms with van der Waals surface area (Å²) in [4.78, 5) is 12.0. The minimum Gasteiger partial charge on any atom is -0.480 e. The Morgan fingerprint density at radius 1 is 1.35 bits per heavy atom. The van der Waals surface area contributed by atoms with E-state index in [0.717, 1.165) is 12.1 Å². The molecule has 0 atom stereocenters. The van der Waals surface area contributed by atoms with E-state index >= 15 is 0 Å². The van der Waals surface area contributed by atoms with E-state index in [1.807, 2.05) is 0 Å². The molecule has 1 aromatic rings. The molecule has 0 saturated heterocycles. The Kier molecular flexibility index (Phi) is 5.26. The van der Waals surface area contributed by atoms with Crippen molar-refractivity contribution in [2.45, 2.75) is 12.7 Å². The first kappa shape index (κ1) is 16.2. The number of hydrogen-bond donors (Lipinski definition) is 1. The van der Waals surface area contributed by atoms with Gasteiger partial charge in [0.2, 0.25) is 0 Å². The lowest BCUT2D eigenvalue weighted by Gasteiger charge is -2.19. The van der Waals surface area contributed by atoms with Crippen LogP contribution in [-0.4, -0.2) is 29.1 Å². The Morgan fingerprint density at radius 2 is 2.00 bits per heavy atom. The summed E-state index contributed by atoms with van der Waals surface area (Å²) < 4.78 is 50.9. The molecule has 0 unspecified atom stereocenters. The lowest BCUT2D eigenvalue weighted by Crippen LogP contribution is -2.29. The molecule has 110 valence electrons. The number of halogens is 4. The predicted molar refractivity (Wildman–Crippen MR) is 64.5 cm³/mol. The van der Waals surface area contributed by atoms with E-state index in [2.05, 4.69) is 6.58 Å². The standard InChI is InChI=1S/C13H13F4NO2/c1-2-3-18(8-12(19)20)7-9-4-10(13(15,16)17)6-11(14)5-9/h2,4-6H,1,3,7-8H2,(H,19,20). The van der Waals surface area contributed by atoms with E-state index in [4.69, 9.17) is 5.11 Å². The van der Waals surface area contributed by atoms with Crippen LogP contribution < -0.4 is 0 Å². The van der Waals surface area contributed by atoms with E-state index in [9.17, 15) is 22.4 Å². The van der Waals surface area contributed by atoms with Gasteiger partial charge in [0, 0.05) is 13.1 Å². The highest BCUT2D eigenvalue weighted by atomic mass is 19.4. The van der Waals surface area contributed by atoms with Gasteiger partial charge in [-0.25, -0.2) is 4.39 Å². The van der Waals surface area contributed by atoms with Gasteiger partial charge < -0.3 is 5.11 Å². The van der Waals surface area contributed by atoms with Gasteiger partial charge in [0.1, 0.15) is 5.82 Å². The van der Waals surface area contributed by atoms with Gasteiger partial charge in [0.25, 0.3) is 0 Å². The van der Waals surface area contributed by atoms with Gasteiger partial charge in [0.05, 0.1) is 12.1 Å². The molecule has 1 N–H and O–H groups in total. The number of alkyl halides is 3. The fourth-order valence-electron chi connectivity index (χ4n) is 1.72. The Morgan fingerprint density at radius 3 is 2.50 bits per heavy atom. The molecule has 20 heavy (non-hydrogen) atoms. The zero-order valence-electron chi connectivity index (χ0n) is 10.5. The first-order chi connectivity index (χ1) is 9.22. The summed E-state index contributed by atoms with van der Waals surface area (Å²) in [6.07, 6.45) is -3.22. The fourth-order valence-corrected chi connectivity index (χ4v) is 1.72. The second-order valence-corrected chi connectivity index (χ2v) is 4.20. The van der Waals surface area contributed by atoms with Crippen molar-refractivity contribution in [2.75, 3.05) is 13.1 Å². The van der Waals surface area contributed by atoms with E-state index in [1.54, 1.807) is 0 Å². The van der Waals surface area contributed by atoms with Crippen LogP contribution in [0.25, 0.3) is 0 Å². The second kappa shape index (κ2) is 6.51. The highest BCUT2D eigenvalue weighted by Crippen LogP contribution is 2.30. The molecule has 1 aromatic carbocycles. The first-order valence-electron chi connectivity index (χ1n) is 5.64. The van der Waals surface area contributed by atoms with Crippen LogP contribution in [0.1, 0.15) is 11.1 Å². The summed E-state index contributed by atoms with van der Waals surface area (Å²) in [6.45, 7) is 3.12. The highest BCUT2D eigenvalue weighted by molar-refractivity contribution is 5.69. The Balaban J connectivity index is 2.97. The van der Waals surface area contributed by atoms with Gasteiger partial charge in [-0.05, 0) is 23.8 Å². The van der Waals surface area contributed by atoms with Crippen molar-refractivity contribution in [1.29, 1.82) is 0 Å². The zero-order valence-corrected chi connectivity index (χ0v) is 10.5. The van der Waals surface area contributed by atoms with Crippen LogP contribution in [0, 0.1) is 5.82 Å². The van der Waals surface area contributed by atoms with Crippen molar-refractivity contribution in [1.82, 2.24) is 4.90 Å². The van der Waals surface area contributed by atoms with Crippen LogP contribution in [0.15, 0.2) is 30.9 Å². The Hall–Kier alpha value is -1.89. The smallest absolute Gasteiger partial charge is 0.416 e. The molecule has 0 aliphatic rings. The summed E-state index contributed by atoms with van der Waals surface area (Å²) in [6, 6.07) is 2.16. The van der Waals surface area contributed by atoms with Crippen molar-refractivity contribution in [3.63, 3.8) is 0 Å². The number of benzene rings is 1. The maximum Gasteiger partial charge on any atom is 0.416 e. The molecule has 0 heterocycles. The Labute approximate surface area is 113 Å². The van der Waals surface area contributed by atoms with Crippen LogP contribution >= 0.6 is 0 Å². The zero-order chi connectivity index (χ0) is 15.3. The normalized spacial score (nSPS) is 11.7. The van der Waals surface area contributed by atoms with Crippen LogP contribution in [0.5, 0.6) is 0 Å². The quantitative estimate of drug-likeness (QED) is 0.647. The predicted octanol–water partition coefficient (Wildman–Crippen LogP) is 2.92. The molecular formula is C13H13F4NO2. The number of carboxylic acid groups (broad SMARTS) is 1. The molecule has 0 aliphatic heterocycles. The third kappa shape index (κ3) is 5.00. The summed E-state index contributed by atoms with van der Waals surface area (Å²) in [5, 5.41) is 8.70. The number of aliphatic carboxylic acids is 1. The number of carbonyl (C=O) groups is 1. The summed E-state index contributed by atoms with van der Waals surface area (Å²) in [5.41, 5.74) is -1.04. The second-order valence-electron chi connectivity index (χ2n) is 4.20. The van der Waals surface area contributed by atoms with Crippen LogP contribution in [0.3, 0.4) is 0 Å². The summed E-state index contributed by atoms with van der Waals surface area (Å²) in [5.74, 6) is -2.14. The topological polar surface area (TPSA) is 40.5 Å². The minimum atomic E-state index is -4.65. The van der Waals surface area contributed by atoms with E-state index in [-0.39, 0.29) is 25.2 Å². The van der Waals surface area contributed by atoms with Gasteiger partial charge in [-0.1, -0.05) is 6.08 Å². The molecule has 1 rings (SSSR count). The number of carboxylic acids is 1. The van der Waals surface area contributed by atoms with Gasteiger partial charge in [0.15, 0.2) is 0 Å². The van der Waals surface area contributed by atoms with Gasteiger partial charge >= 0.3 is 12.1 Å². The molecule has 0 fully saturated rings. The van der Waals surface area contributed by atoms with E-state index in [0.29, 0.717) is 6.07 Å². The molecule has 0 aliphatic carbocycles. The van der Waals surface area contributed by atoms with Crippen molar-refractivity contribution in [2.24, 2.45) is 0 Å². The van der Waals surface area contributed by atoms with Gasteiger partial charge in [-0.3, -0.25) is 9.69 Å². The Bertz CT molecular complexity index is 500. The fraction of sp³-hybridized carbons (Fsp3) is 0.308. The molecule has 0 bridgehead atoms. The average molecular weight is 291 g/mol.